The van der Waals surface area contributed by atoms with Gasteiger partial charge in [0.25, 0.3) is 6.01 Å². The van der Waals surface area contributed by atoms with Crippen LogP contribution in [0.1, 0.15) is 29.2 Å². The number of aromatic amines is 1. The number of halogens is 2. The molecule has 0 spiro atoms. The van der Waals surface area contributed by atoms with Crippen molar-refractivity contribution in [1.29, 1.82) is 0 Å². The molecule has 11 heteroatoms. The standard InChI is InChI=1S/C25H25ClFN3O6/c1-32-6-2-3-12-7-13-4-5-18(20(13)15(27)8-12)35-24-14(26)9-16-23(29-24)30-25(28-16)36-19-11-34-21-17(31)10-33-22(19)21/h2-3,7-9,17-19,21-22,31H,4-6,10-11H2,1H3,(H,28,29,30)/b3-2+/t17-,18?,19-,21?,22-/m1/s1. The molecule has 0 radical (unpaired) electrons. The zero-order valence-corrected chi connectivity index (χ0v) is 20.2. The average molecular weight is 518 g/mol. The second-order valence-electron chi connectivity index (χ2n) is 9.09. The van der Waals surface area contributed by atoms with Crippen LogP contribution >= 0.6 is 11.6 Å². The Morgan fingerprint density at radius 3 is 2.92 bits per heavy atom. The number of hydrogen-bond acceptors (Lipinski definition) is 8. The molecule has 5 atom stereocenters. The van der Waals surface area contributed by atoms with Crippen LogP contribution in [0.25, 0.3) is 17.2 Å². The molecule has 2 aromatic heterocycles. The van der Waals surface area contributed by atoms with Gasteiger partial charge in [-0.3, -0.25) is 0 Å². The minimum Gasteiger partial charge on any atom is -0.468 e. The molecule has 2 unspecified atom stereocenters. The number of aliphatic hydroxyl groups is 1. The molecule has 2 aliphatic heterocycles. The van der Waals surface area contributed by atoms with Crippen molar-refractivity contribution in [3.05, 3.63) is 51.8 Å². The zero-order chi connectivity index (χ0) is 24.8. The van der Waals surface area contributed by atoms with E-state index in [4.69, 9.17) is 35.3 Å². The summed E-state index contributed by atoms with van der Waals surface area (Å²) in [4.78, 5) is 11.9. The summed E-state index contributed by atoms with van der Waals surface area (Å²) in [6.45, 7) is 0.954. The van der Waals surface area contributed by atoms with Crippen molar-refractivity contribution in [2.75, 3.05) is 26.9 Å². The van der Waals surface area contributed by atoms with Crippen LogP contribution in [0.5, 0.6) is 11.9 Å². The molecule has 2 N–H and O–H groups in total. The summed E-state index contributed by atoms with van der Waals surface area (Å²) in [6.07, 6.45) is 2.62. The number of benzene rings is 1. The first-order chi connectivity index (χ1) is 17.5. The number of aliphatic hydroxyl groups excluding tert-OH is 1. The molecule has 1 aliphatic carbocycles. The Morgan fingerprint density at radius 2 is 2.06 bits per heavy atom. The fourth-order valence-electron chi connectivity index (χ4n) is 5.03. The topological polar surface area (TPSA) is 108 Å². The van der Waals surface area contributed by atoms with Crippen molar-refractivity contribution in [3.63, 3.8) is 0 Å². The van der Waals surface area contributed by atoms with Gasteiger partial charge in [-0.15, -0.1) is 0 Å². The summed E-state index contributed by atoms with van der Waals surface area (Å²) in [7, 11) is 1.61. The van der Waals surface area contributed by atoms with Gasteiger partial charge in [0.15, 0.2) is 11.8 Å². The second kappa shape index (κ2) is 9.60. The first-order valence-corrected chi connectivity index (χ1v) is 12.2. The van der Waals surface area contributed by atoms with E-state index in [0.717, 1.165) is 11.1 Å². The minimum atomic E-state index is -0.663. The molecule has 36 heavy (non-hydrogen) atoms. The quantitative estimate of drug-likeness (QED) is 0.491. The molecule has 2 fully saturated rings. The van der Waals surface area contributed by atoms with E-state index in [1.807, 2.05) is 18.2 Å². The van der Waals surface area contributed by atoms with Gasteiger partial charge >= 0.3 is 0 Å². The van der Waals surface area contributed by atoms with Crippen LogP contribution in [-0.2, 0) is 20.6 Å². The van der Waals surface area contributed by atoms with E-state index in [1.165, 1.54) is 6.07 Å². The van der Waals surface area contributed by atoms with Crippen molar-refractivity contribution in [1.82, 2.24) is 15.0 Å². The van der Waals surface area contributed by atoms with Crippen molar-refractivity contribution in [2.45, 2.75) is 43.4 Å². The Kier molecular flexibility index (Phi) is 6.30. The number of H-pyrrole nitrogens is 1. The average Bonchev–Trinajstić information content (AvgIpc) is 3.61. The smallest absolute Gasteiger partial charge is 0.296 e. The molecule has 0 saturated carbocycles. The van der Waals surface area contributed by atoms with Crippen LogP contribution in [0.3, 0.4) is 0 Å². The highest BCUT2D eigenvalue weighted by molar-refractivity contribution is 6.32. The molecule has 6 rings (SSSR count). The molecule has 3 aliphatic rings. The van der Waals surface area contributed by atoms with Crippen LogP contribution in [0, 0.1) is 5.82 Å². The van der Waals surface area contributed by atoms with E-state index in [-0.39, 0.29) is 42.0 Å². The number of imidazole rings is 1. The summed E-state index contributed by atoms with van der Waals surface area (Å²) in [5.41, 5.74) is 3.13. The lowest BCUT2D eigenvalue weighted by Crippen LogP contribution is -2.34. The molecule has 190 valence electrons. The number of rotatable bonds is 7. The van der Waals surface area contributed by atoms with E-state index < -0.39 is 24.4 Å². The summed E-state index contributed by atoms with van der Waals surface area (Å²) >= 11 is 6.45. The van der Waals surface area contributed by atoms with Crippen molar-refractivity contribution in [3.8, 4) is 11.9 Å². The third kappa shape index (κ3) is 4.33. The third-order valence-electron chi connectivity index (χ3n) is 6.68. The van der Waals surface area contributed by atoms with Gasteiger partial charge in [0.2, 0.25) is 5.88 Å². The summed E-state index contributed by atoms with van der Waals surface area (Å²) in [5.74, 6) is -0.147. The fraction of sp³-hybridized carbons (Fsp3) is 0.440. The molecular weight excluding hydrogens is 493 g/mol. The number of pyridine rings is 1. The maximum absolute atomic E-state index is 15.0. The normalized spacial score (nSPS) is 27.2. The Bertz CT molecular complexity index is 1320. The number of methoxy groups -OCH3 is 1. The number of fused-ring (bicyclic) bond motifs is 3. The Morgan fingerprint density at radius 1 is 1.19 bits per heavy atom. The van der Waals surface area contributed by atoms with Crippen LogP contribution < -0.4 is 9.47 Å². The number of nitrogens with one attached hydrogen (secondary N) is 1. The van der Waals surface area contributed by atoms with E-state index >= 15 is 4.39 Å². The lowest BCUT2D eigenvalue weighted by atomic mass is 10.0. The summed E-state index contributed by atoms with van der Waals surface area (Å²) in [5, 5.41) is 10.2. The van der Waals surface area contributed by atoms with Gasteiger partial charge < -0.3 is 33.8 Å². The van der Waals surface area contributed by atoms with Gasteiger partial charge in [0.1, 0.15) is 35.3 Å². The maximum Gasteiger partial charge on any atom is 0.296 e. The molecule has 9 nitrogen and oxygen atoms in total. The van der Waals surface area contributed by atoms with Crippen LogP contribution in [-0.4, -0.2) is 71.4 Å². The molecule has 4 heterocycles. The molecule has 0 amide bonds. The van der Waals surface area contributed by atoms with E-state index in [2.05, 4.69) is 15.0 Å². The number of ether oxygens (including phenoxy) is 5. The van der Waals surface area contributed by atoms with Gasteiger partial charge in [-0.1, -0.05) is 29.8 Å². The Hall–Kier alpha value is -2.76. The molecule has 0 bridgehead atoms. The molecular formula is C25H25ClFN3O6. The maximum atomic E-state index is 15.0. The highest BCUT2D eigenvalue weighted by Crippen LogP contribution is 2.39. The predicted molar refractivity (Wildman–Crippen MR) is 128 cm³/mol. The number of hydrogen-bond donors (Lipinski definition) is 2. The van der Waals surface area contributed by atoms with Crippen molar-refractivity contribution >= 4 is 28.8 Å². The van der Waals surface area contributed by atoms with Gasteiger partial charge in [-0.2, -0.15) is 9.97 Å². The van der Waals surface area contributed by atoms with Crippen LogP contribution in [0.4, 0.5) is 4.39 Å². The monoisotopic (exact) mass is 517 g/mol. The molecule has 3 aromatic rings. The SMILES string of the molecule is COC/C=C/c1cc(F)c2c(c1)CCC2Oc1nc2nc(O[C@@H]3COC4[C@H](O)CO[C@@H]43)[nH]c2cc1Cl. The second-order valence-corrected chi connectivity index (χ2v) is 9.49. The lowest BCUT2D eigenvalue weighted by Gasteiger charge is -2.16. The Balaban J connectivity index is 1.20. The van der Waals surface area contributed by atoms with Crippen LogP contribution in [0.15, 0.2) is 24.3 Å². The number of aryl methyl sites for hydroxylation is 1. The minimum absolute atomic E-state index is 0.176. The van der Waals surface area contributed by atoms with Gasteiger partial charge in [0, 0.05) is 12.7 Å². The van der Waals surface area contributed by atoms with Gasteiger partial charge in [0.05, 0.1) is 25.3 Å². The Labute approximate surface area is 211 Å². The van der Waals surface area contributed by atoms with Gasteiger partial charge in [-0.05, 0) is 36.1 Å². The first-order valence-electron chi connectivity index (χ1n) is 11.8. The predicted octanol–water partition coefficient (Wildman–Crippen LogP) is 3.38. The van der Waals surface area contributed by atoms with Crippen molar-refractivity contribution in [2.24, 2.45) is 0 Å². The number of aromatic nitrogens is 3. The van der Waals surface area contributed by atoms with E-state index in [1.54, 1.807) is 13.2 Å². The highest BCUT2D eigenvalue weighted by Gasteiger charge is 2.48. The zero-order valence-electron chi connectivity index (χ0n) is 19.4. The summed E-state index contributed by atoms with van der Waals surface area (Å²) in [6, 6.07) is 5.34. The third-order valence-corrected chi connectivity index (χ3v) is 6.95. The molecule has 2 saturated heterocycles. The van der Waals surface area contributed by atoms with Crippen molar-refractivity contribution < 1.29 is 33.2 Å². The lowest BCUT2D eigenvalue weighted by molar-refractivity contribution is 0.00706. The fourth-order valence-corrected chi connectivity index (χ4v) is 5.23. The first kappa shape index (κ1) is 23.6. The van der Waals surface area contributed by atoms with Crippen LogP contribution in [0.2, 0.25) is 5.02 Å². The molecule has 1 aromatic carbocycles. The largest absolute Gasteiger partial charge is 0.468 e. The highest BCUT2D eigenvalue weighted by atomic mass is 35.5. The van der Waals surface area contributed by atoms with Gasteiger partial charge in [-0.25, -0.2) is 4.39 Å². The van der Waals surface area contributed by atoms with E-state index in [0.29, 0.717) is 36.2 Å². The number of nitrogens with zero attached hydrogens (tertiary/aromatic N) is 2. The van der Waals surface area contributed by atoms with E-state index in [9.17, 15) is 5.11 Å². The summed E-state index contributed by atoms with van der Waals surface area (Å²) < 4.78 is 43.2.